The fourth-order valence-corrected chi connectivity index (χ4v) is 1.73. The van der Waals surface area contributed by atoms with E-state index < -0.39 is 0 Å². The van der Waals surface area contributed by atoms with Gasteiger partial charge in [-0.05, 0) is 25.1 Å². The molecule has 0 fully saturated rings. The number of carbonyl (C=O) groups excluding carboxylic acids is 2. The van der Waals surface area contributed by atoms with Gasteiger partial charge in [0.05, 0.1) is 18.6 Å². The molecule has 1 N–H and O–H groups in total. The number of hydrogen-bond donors (Lipinski definition) is 1. The largest absolute Gasteiger partial charge is 0.506 e. The van der Waals surface area contributed by atoms with E-state index in [0.717, 1.165) is 0 Å². The fourth-order valence-electron chi connectivity index (χ4n) is 1.55. The standard InChI is InChI=1S/C13H16ClNO4/c1-3-15(7-6-12(17)19-2)13(18)9-4-5-11(16)10(14)8-9/h4-5,8,16H,3,6-7H2,1-2H3. The molecule has 0 aromatic heterocycles. The number of amides is 1. The zero-order valence-electron chi connectivity index (χ0n) is 10.9. The van der Waals surface area contributed by atoms with Crippen LogP contribution in [0.1, 0.15) is 23.7 Å². The zero-order chi connectivity index (χ0) is 14.4. The van der Waals surface area contributed by atoms with Gasteiger partial charge in [0.25, 0.3) is 5.91 Å². The summed E-state index contributed by atoms with van der Waals surface area (Å²) in [5.74, 6) is -0.681. The number of aromatic hydroxyl groups is 1. The van der Waals surface area contributed by atoms with Crippen LogP contribution in [-0.2, 0) is 9.53 Å². The van der Waals surface area contributed by atoms with E-state index in [1.807, 2.05) is 6.92 Å². The molecule has 0 spiro atoms. The van der Waals surface area contributed by atoms with Crippen LogP contribution in [0.15, 0.2) is 18.2 Å². The lowest BCUT2D eigenvalue weighted by Gasteiger charge is -2.20. The minimum absolute atomic E-state index is 0.0733. The molecule has 0 aliphatic heterocycles. The van der Waals surface area contributed by atoms with Gasteiger partial charge in [0, 0.05) is 18.7 Å². The van der Waals surface area contributed by atoms with Crippen molar-refractivity contribution in [1.82, 2.24) is 4.90 Å². The number of methoxy groups -OCH3 is 1. The molecule has 1 aromatic carbocycles. The van der Waals surface area contributed by atoms with E-state index in [9.17, 15) is 14.7 Å². The maximum atomic E-state index is 12.2. The summed E-state index contributed by atoms with van der Waals surface area (Å²) in [6.07, 6.45) is 0.141. The lowest BCUT2D eigenvalue weighted by atomic mass is 10.2. The normalized spacial score (nSPS) is 10.1. The van der Waals surface area contributed by atoms with Crippen LogP contribution in [0.25, 0.3) is 0 Å². The lowest BCUT2D eigenvalue weighted by Crippen LogP contribution is -2.33. The molecule has 1 rings (SSSR count). The Bertz CT molecular complexity index is 476. The van der Waals surface area contributed by atoms with Crippen LogP contribution in [0.4, 0.5) is 0 Å². The van der Waals surface area contributed by atoms with E-state index in [1.165, 1.54) is 30.2 Å². The second-order valence-corrected chi connectivity index (χ2v) is 4.28. The van der Waals surface area contributed by atoms with Crippen LogP contribution in [-0.4, -0.2) is 42.1 Å². The van der Waals surface area contributed by atoms with Crippen molar-refractivity contribution in [2.24, 2.45) is 0 Å². The third-order valence-corrected chi connectivity index (χ3v) is 2.98. The number of carbonyl (C=O) groups is 2. The highest BCUT2D eigenvalue weighted by atomic mass is 35.5. The molecule has 1 amide bonds. The van der Waals surface area contributed by atoms with E-state index in [1.54, 1.807) is 0 Å². The first-order valence-electron chi connectivity index (χ1n) is 5.84. The minimum Gasteiger partial charge on any atom is -0.506 e. The molecule has 0 saturated heterocycles. The molecule has 0 heterocycles. The van der Waals surface area contributed by atoms with Gasteiger partial charge in [-0.15, -0.1) is 0 Å². The van der Waals surface area contributed by atoms with Crippen LogP contribution < -0.4 is 0 Å². The molecule has 0 unspecified atom stereocenters. The van der Waals surface area contributed by atoms with Crippen LogP contribution in [0, 0.1) is 0 Å². The highest BCUT2D eigenvalue weighted by molar-refractivity contribution is 6.32. The molecule has 0 aliphatic rings. The SMILES string of the molecule is CCN(CCC(=O)OC)C(=O)c1ccc(O)c(Cl)c1. The molecule has 0 atom stereocenters. The van der Waals surface area contributed by atoms with Gasteiger partial charge in [-0.2, -0.15) is 0 Å². The number of esters is 1. The predicted molar refractivity (Wildman–Crippen MR) is 71.3 cm³/mol. The molecule has 0 aliphatic carbocycles. The summed E-state index contributed by atoms with van der Waals surface area (Å²) in [7, 11) is 1.31. The topological polar surface area (TPSA) is 66.8 Å². The lowest BCUT2D eigenvalue weighted by molar-refractivity contribution is -0.140. The van der Waals surface area contributed by atoms with Gasteiger partial charge in [0.1, 0.15) is 5.75 Å². The van der Waals surface area contributed by atoms with Crippen molar-refractivity contribution >= 4 is 23.5 Å². The number of rotatable bonds is 5. The summed E-state index contributed by atoms with van der Waals surface area (Å²) in [4.78, 5) is 24.8. The quantitative estimate of drug-likeness (QED) is 0.841. The number of benzene rings is 1. The molecule has 104 valence electrons. The first-order valence-corrected chi connectivity index (χ1v) is 6.22. The number of phenols is 1. The van der Waals surface area contributed by atoms with Crippen molar-refractivity contribution in [3.05, 3.63) is 28.8 Å². The van der Waals surface area contributed by atoms with Gasteiger partial charge in [-0.1, -0.05) is 11.6 Å². The highest BCUT2D eigenvalue weighted by Gasteiger charge is 2.16. The van der Waals surface area contributed by atoms with Crippen molar-refractivity contribution in [2.75, 3.05) is 20.2 Å². The van der Waals surface area contributed by atoms with E-state index in [4.69, 9.17) is 11.6 Å². The number of ether oxygens (including phenoxy) is 1. The molecule has 0 radical (unpaired) electrons. The van der Waals surface area contributed by atoms with Crippen LogP contribution in [0.3, 0.4) is 0 Å². The molecule has 1 aromatic rings. The maximum Gasteiger partial charge on any atom is 0.307 e. The van der Waals surface area contributed by atoms with Crippen molar-refractivity contribution in [1.29, 1.82) is 0 Å². The molecule has 6 heteroatoms. The van der Waals surface area contributed by atoms with Crippen molar-refractivity contribution in [2.45, 2.75) is 13.3 Å². The Labute approximate surface area is 116 Å². The van der Waals surface area contributed by atoms with E-state index in [-0.39, 0.29) is 35.6 Å². The van der Waals surface area contributed by atoms with Crippen LogP contribution in [0.5, 0.6) is 5.75 Å². The second-order valence-electron chi connectivity index (χ2n) is 3.88. The molecular formula is C13H16ClNO4. The molecule has 5 nitrogen and oxygen atoms in total. The highest BCUT2D eigenvalue weighted by Crippen LogP contribution is 2.24. The average Bonchev–Trinajstić information content (AvgIpc) is 2.41. The predicted octanol–water partition coefficient (Wildman–Crippen LogP) is 2.07. The van der Waals surface area contributed by atoms with Crippen molar-refractivity contribution < 1.29 is 19.4 Å². The first kappa shape index (κ1) is 15.3. The van der Waals surface area contributed by atoms with Gasteiger partial charge >= 0.3 is 5.97 Å². The zero-order valence-corrected chi connectivity index (χ0v) is 11.6. The number of nitrogens with zero attached hydrogens (tertiary/aromatic N) is 1. The fraction of sp³-hybridized carbons (Fsp3) is 0.385. The third-order valence-electron chi connectivity index (χ3n) is 2.68. The summed E-state index contributed by atoms with van der Waals surface area (Å²) in [5.41, 5.74) is 0.370. The Morgan fingerprint density at radius 2 is 2.11 bits per heavy atom. The summed E-state index contributed by atoms with van der Waals surface area (Å²) >= 11 is 5.76. The van der Waals surface area contributed by atoms with E-state index >= 15 is 0 Å². The smallest absolute Gasteiger partial charge is 0.307 e. The summed E-state index contributed by atoms with van der Waals surface area (Å²) in [5, 5.41) is 9.43. The summed E-state index contributed by atoms with van der Waals surface area (Å²) in [6, 6.07) is 4.26. The Hall–Kier alpha value is -1.75. The van der Waals surface area contributed by atoms with Gasteiger partial charge in [-0.25, -0.2) is 0 Å². The molecular weight excluding hydrogens is 270 g/mol. The van der Waals surface area contributed by atoms with Crippen molar-refractivity contribution in [3.8, 4) is 5.75 Å². The van der Waals surface area contributed by atoms with E-state index in [0.29, 0.717) is 12.1 Å². The average molecular weight is 286 g/mol. The van der Waals surface area contributed by atoms with Gasteiger partial charge in [0.2, 0.25) is 0 Å². The molecule has 0 bridgehead atoms. The Morgan fingerprint density at radius 1 is 1.42 bits per heavy atom. The number of phenolic OH excluding ortho intramolecular Hbond substituents is 1. The summed E-state index contributed by atoms with van der Waals surface area (Å²) < 4.78 is 4.53. The number of halogens is 1. The monoisotopic (exact) mass is 285 g/mol. The third kappa shape index (κ3) is 4.13. The Kier molecular flexibility index (Phi) is 5.63. The second kappa shape index (κ2) is 6.99. The van der Waals surface area contributed by atoms with Crippen molar-refractivity contribution in [3.63, 3.8) is 0 Å². The first-order chi connectivity index (χ1) is 8.99. The Morgan fingerprint density at radius 3 is 2.63 bits per heavy atom. The van der Waals surface area contributed by atoms with Gasteiger partial charge < -0.3 is 14.7 Å². The van der Waals surface area contributed by atoms with Crippen LogP contribution in [0.2, 0.25) is 5.02 Å². The number of hydrogen-bond acceptors (Lipinski definition) is 4. The summed E-state index contributed by atoms with van der Waals surface area (Å²) in [6.45, 7) is 2.56. The molecule has 19 heavy (non-hydrogen) atoms. The molecule has 0 saturated carbocycles. The van der Waals surface area contributed by atoms with Gasteiger partial charge in [-0.3, -0.25) is 9.59 Å². The Balaban J connectivity index is 2.77. The van der Waals surface area contributed by atoms with Crippen LogP contribution >= 0.6 is 11.6 Å². The minimum atomic E-state index is -0.366. The maximum absolute atomic E-state index is 12.2. The van der Waals surface area contributed by atoms with Gasteiger partial charge in [0.15, 0.2) is 0 Å². The van der Waals surface area contributed by atoms with E-state index in [2.05, 4.69) is 4.74 Å².